The molecule has 0 saturated carbocycles. The lowest BCUT2D eigenvalue weighted by Crippen LogP contribution is -2.37. The molecule has 1 heterocycles. The molecule has 0 radical (unpaired) electrons. The average Bonchev–Trinajstić information content (AvgIpc) is 2.81. The third kappa shape index (κ3) is 5.28. The van der Waals surface area contributed by atoms with Gasteiger partial charge in [0.2, 0.25) is 0 Å². The number of hydrogen-bond donors (Lipinski definition) is 3. The Hall–Kier alpha value is -3.54. The molecule has 0 saturated heterocycles. The number of urea groups is 1. The Labute approximate surface area is 190 Å². The van der Waals surface area contributed by atoms with Crippen molar-refractivity contribution < 1.29 is 36.6 Å². The molecule has 3 rings (SSSR count). The zero-order valence-electron chi connectivity index (χ0n) is 18.2. The minimum Gasteiger partial charge on any atom is -0.496 e. The molecule has 2 aromatic carbocycles. The molecule has 1 aliphatic rings. The van der Waals surface area contributed by atoms with Crippen molar-refractivity contribution in [2.24, 2.45) is 0 Å². The largest absolute Gasteiger partial charge is 0.496 e. The Morgan fingerprint density at radius 2 is 1.88 bits per heavy atom. The van der Waals surface area contributed by atoms with Gasteiger partial charge in [0.1, 0.15) is 28.0 Å². The number of amides is 3. The number of carbonyl (C=O) groups excluding carboxylic acids is 2. The summed E-state index contributed by atoms with van der Waals surface area (Å²) in [7, 11) is -0.286. The number of benzene rings is 2. The molecule has 0 spiro atoms. The van der Waals surface area contributed by atoms with Gasteiger partial charge in [0.05, 0.1) is 26.4 Å². The zero-order valence-corrected chi connectivity index (χ0v) is 19.0. The molecule has 1 aliphatic heterocycles. The van der Waals surface area contributed by atoms with E-state index >= 15 is 0 Å². The summed E-state index contributed by atoms with van der Waals surface area (Å²) in [6.07, 6.45) is 0.488. The van der Waals surface area contributed by atoms with Gasteiger partial charge < -0.3 is 24.8 Å². The highest BCUT2D eigenvalue weighted by Crippen LogP contribution is 2.39. The van der Waals surface area contributed by atoms with Gasteiger partial charge in [-0.15, -0.1) is 0 Å². The van der Waals surface area contributed by atoms with Crippen molar-refractivity contribution >= 4 is 22.0 Å². The van der Waals surface area contributed by atoms with Crippen molar-refractivity contribution in [1.29, 1.82) is 0 Å². The predicted octanol–water partition coefficient (Wildman–Crippen LogP) is 1.76. The monoisotopic (exact) mass is 481 g/mol. The number of carbonyl (C=O) groups is 2. The number of nitrogens with one attached hydrogen (secondary N) is 3. The molecule has 10 nitrogen and oxygen atoms in total. The molecule has 3 amide bonds. The first-order chi connectivity index (χ1) is 15.7. The van der Waals surface area contributed by atoms with Gasteiger partial charge in [0.25, 0.3) is 15.9 Å². The van der Waals surface area contributed by atoms with Gasteiger partial charge in [-0.3, -0.25) is 4.79 Å². The van der Waals surface area contributed by atoms with E-state index in [9.17, 15) is 22.4 Å². The van der Waals surface area contributed by atoms with E-state index in [2.05, 4.69) is 10.6 Å². The van der Waals surface area contributed by atoms with Crippen LogP contribution in [0.15, 0.2) is 35.2 Å². The van der Waals surface area contributed by atoms with Crippen molar-refractivity contribution in [1.82, 2.24) is 15.4 Å². The molecular weight excluding hydrogens is 457 g/mol. The van der Waals surface area contributed by atoms with Gasteiger partial charge in [-0.1, -0.05) is 0 Å². The number of fused-ring (bicyclic) bond motifs is 1. The lowest BCUT2D eigenvalue weighted by Gasteiger charge is -2.27. The van der Waals surface area contributed by atoms with Gasteiger partial charge in [-0.25, -0.2) is 22.3 Å². The second kappa shape index (κ2) is 9.94. The summed E-state index contributed by atoms with van der Waals surface area (Å²) in [5, 5.41) is 4.92. The van der Waals surface area contributed by atoms with Gasteiger partial charge in [-0.05, 0) is 30.7 Å². The van der Waals surface area contributed by atoms with Crippen LogP contribution in [0.25, 0.3) is 0 Å². The SMILES string of the molecule is CNC(=O)NS(=O)(=O)c1cc2c(cc1OC)OCCC2CNC(=O)c1cc(F)ccc1OC. The predicted molar refractivity (Wildman–Crippen MR) is 116 cm³/mol. The van der Waals surface area contributed by atoms with Crippen LogP contribution < -0.4 is 29.6 Å². The van der Waals surface area contributed by atoms with Crippen molar-refractivity contribution in [2.45, 2.75) is 17.2 Å². The van der Waals surface area contributed by atoms with E-state index in [1.165, 1.54) is 45.5 Å². The number of sulfonamides is 1. The second-order valence-electron chi connectivity index (χ2n) is 7.11. The van der Waals surface area contributed by atoms with Crippen LogP contribution in [0.1, 0.15) is 28.3 Å². The quantitative estimate of drug-likeness (QED) is 0.549. The summed E-state index contributed by atoms with van der Waals surface area (Å²) >= 11 is 0. The molecule has 12 heteroatoms. The Morgan fingerprint density at radius 1 is 1.15 bits per heavy atom. The molecule has 0 bridgehead atoms. The number of halogens is 1. The van der Waals surface area contributed by atoms with Crippen LogP contribution in [0.5, 0.6) is 17.2 Å². The number of rotatable bonds is 7. The number of ether oxygens (including phenoxy) is 3. The highest BCUT2D eigenvalue weighted by atomic mass is 32.2. The minimum absolute atomic E-state index is 0.000615. The summed E-state index contributed by atoms with van der Waals surface area (Å²) in [6.45, 7) is 0.464. The summed E-state index contributed by atoms with van der Waals surface area (Å²) in [4.78, 5) is 24.0. The van der Waals surface area contributed by atoms with E-state index < -0.39 is 27.8 Å². The van der Waals surface area contributed by atoms with Crippen LogP contribution in [-0.4, -0.2) is 54.8 Å². The first-order valence-electron chi connectivity index (χ1n) is 9.91. The topological polar surface area (TPSA) is 132 Å². The Morgan fingerprint density at radius 3 is 2.55 bits per heavy atom. The molecular formula is C21H24FN3O7S. The van der Waals surface area contributed by atoms with Gasteiger partial charge in [0.15, 0.2) is 0 Å². The zero-order chi connectivity index (χ0) is 24.2. The molecule has 0 fully saturated rings. The highest BCUT2D eigenvalue weighted by molar-refractivity contribution is 7.90. The van der Waals surface area contributed by atoms with E-state index in [1.807, 2.05) is 4.72 Å². The van der Waals surface area contributed by atoms with E-state index in [1.54, 1.807) is 0 Å². The van der Waals surface area contributed by atoms with E-state index in [4.69, 9.17) is 14.2 Å². The van der Waals surface area contributed by atoms with Crippen molar-refractivity contribution in [3.05, 3.63) is 47.3 Å². The van der Waals surface area contributed by atoms with Crippen LogP contribution in [-0.2, 0) is 10.0 Å². The van der Waals surface area contributed by atoms with E-state index in [0.29, 0.717) is 24.3 Å². The lowest BCUT2D eigenvalue weighted by atomic mass is 9.92. The second-order valence-corrected chi connectivity index (χ2v) is 8.77. The van der Waals surface area contributed by atoms with Crippen LogP contribution in [0.3, 0.4) is 0 Å². The molecule has 33 heavy (non-hydrogen) atoms. The maximum atomic E-state index is 13.6. The summed E-state index contributed by atoms with van der Waals surface area (Å²) in [5.74, 6) is -0.805. The fourth-order valence-electron chi connectivity index (χ4n) is 3.45. The van der Waals surface area contributed by atoms with Crippen LogP contribution >= 0.6 is 0 Å². The first-order valence-corrected chi connectivity index (χ1v) is 11.4. The molecule has 2 aromatic rings. The highest BCUT2D eigenvalue weighted by Gasteiger charge is 2.29. The van der Waals surface area contributed by atoms with Gasteiger partial charge in [-0.2, -0.15) is 0 Å². The molecule has 3 N–H and O–H groups in total. The maximum absolute atomic E-state index is 13.6. The standard InChI is InChI=1S/C21H24FN3O7S/c1-23-21(27)25-33(28,29)19-9-14-12(6-7-32-17(14)10-18(19)31-3)11-24-20(26)15-8-13(22)4-5-16(15)30-2/h4-5,8-10,12H,6-7,11H2,1-3H3,(H,24,26)(H2,23,25,27). The van der Waals surface area contributed by atoms with Gasteiger partial charge >= 0.3 is 6.03 Å². The number of hydrogen-bond acceptors (Lipinski definition) is 7. The minimum atomic E-state index is -4.25. The first kappa shape index (κ1) is 24.1. The van der Waals surface area contributed by atoms with Crippen molar-refractivity contribution in [2.75, 3.05) is 34.4 Å². The average molecular weight is 482 g/mol. The number of methoxy groups -OCH3 is 2. The Kier molecular flexibility index (Phi) is 7.26. The van der Waals surface area contributed by atoms with Crippen molar-refractivity contribution in [3.8, 4) is 17.2 Å². The molecule has 0 aromatic heterocycles. The van der Waals surface area contributed by atoms with Crippen LogP contribution in [0.4, 0.5) is 9.18 Å². The normalized spacial score (nSPS) is 15.0. The maximum Gasteiger partial charge on any atom is 0.328 e. The van der Waals surface area contributed by atoms with Gasteiger partial charge in [0, 0.05) is 31.1 Å². The Bertz CT molecular complexity index is 1170. The van der Waals surface area contributed by atoms with Crippen LogP contribution in [0, 0.1) is 5.82 Å². The van der Waals surface area contributed by atoms with E-state index in [-0.39, 0.29) is 34.4 Å². The fraction of sp³-hybridized carbons (Fsp3) is 0.333. The van der Waals surface area contributed by atoms with Crippen LogP contribution in [0.2, 0.25) is 0 Å². The fourth-order valence-corrected chi connectivity index (χ4v) is 4.59. The molecule has 1 atom stereocenters. The Balaban J connectivity index is 1.89. The van der Waals surface area contributed by atoms with Crippen molar-refractivity contribution in [3.63, 3.8) is 0 Å². The summed E-state index contributed by atoms with van der Waals surface area (Å²) < 4.78 is 56.9. The molecule has 178 valence electrons. The van der Waals surface area contributed by atoms with E-state index in [0.717, 1.165) is 6.07 Å². The summed E-state index contributed by atoms with van der Waals surface area (Å²) in [5.41, 5.74) is 0.559. The third-order valence-corrected chi connectivity index (χ3v) is 6.47. The molecule has 0 aliphatic carbocycles. The summed E-state index contributed by atoms with van der Waals surface area (Å²) in [6, 6.07) is 5.50. The third-order valence-electron chi connectivity index (χ3n) is 5.12. The molecule has 1 unspecified atom stereocenters. The smallest absolute Gasteiger partial charge is 0.328 e. The lowest BCUT2D eigenvalue weighted by molar-refractivity contribution is 0.0944.